The van der Waals surface area contributed by atoms with Gasteiger partial charge < -0.3 is 4.57 Å². The monoisotopic (exact) mass is 877 g/mol. The van der Waals surface area contributed by atoms with Gasteiger partial charge in [-0.15, -0.1) is 0 Å². The number of fused-ring (bicyclic) bond motifs is 11. The molecule has 69 heavy (non-hydrogen) atoms. The van der Waals surface area contributed by atoms with Crippen LogP contribution < -0.4 is 0 Å². The Balaban J connectivity index is 0.800. The van der Waals surface area contributed by atoms with Crippen LogP contribution in [0.1, 0.15) is 22.7 Å². The second kappa shape index (κ2) is 15.9. The zero-order valence-corrected chi connectivity index (χ0v) is 37.7. The van der Waals surface area contributed by atoms with Crippen LogP contribution in [0, 0.1) is 0 Å². The highest BCUT2D eigenvalue weighted by molar-refractivity contribution is 6.23. The number of benzene rings is 11. The molecule has 0 N–H and O–H groups in total. The van der Waals surface area contributed by atoms with E-state index in [-0.39, 0.29) is 5.92 Å². The van der Waals surface area contributed by atoms with Crippen LogP contribution in [0.5, 0.6) is 0 Å². The summed E-state index contributed by atoms with van der Waals surface area (Å²) in [4.78, 5) is 10.3. The first-order chi connectivity index (χ1) is 34.2. The van der Waals surface area contributed by atoms with E-state index in [9.17, 15) is 0 Å². The topological polar surface area (TPSA) is 30.7 Å². The molecule has 11 aromatic carbocycles. The Hall–Kier alpha value is -8.92. The van der Waals surface area contributed by atoms with Gasteiger partial charge >= 0.3 is 0 Å². The minimum Gasteiger partial charge on any atom is -0.310 e. The lowest BCUT2D eigenvalue weighted by atomic mass is 9.84. The van der Waals surface area contributed by atoms with E-state index in [2.05, 4.69) is 241 Å². The molecule has 1 atom stereocenters. The predicted octanol–water partition coefficient (Wildman–Crippen LogP) is 17.2. The van der Waals surface area contributed by atoms with Gasteiger partial charge in [-0.05, 0) is 120 Å². The molecule has 1 unspecified atom stereocenters. The average molecular weight is 878 g/mol. The summed E-state index contributed by atoms with van der Waals surface area (Å²) in [5, 5.41) is 11.1. The summed E-state index contributed by atoms with van der Waals surface area (Å²) < 4.78 is 2.47. The minimum atomic E-state index is 0.269. The maximum Gasteiger partial charge on any atom is 0.0979 e. The number of rotatable bonds is 6. The molecule has 2 heterocycles. The van der Waals surface area contributed by atoms with Crippen molar-refractivity contribution in [2.75, 3.05) is 0 Å². The Kier molecular flexibility index (Phi) is 9.03. The van der Waals surface area contributed by atoms with E-state index < -0.39 is 0 Å². The number of hydrogen-bond donors (Lipinski definition) is 0. The summed E-state index contributed by atoms with van der Waals surface area (Å²) >= 11 is 0. The van der Waals surface area contributed by atoms with Crippen LogP contribution >= 0.6 is 0 Å². The molecule has 322 valence electrons. The molecule has 2 aromatic heterocycles. The number of aromatic nitrogens is 3. The van der Waals surface area contributed by atoms with E-state index in [1.54, 1.807) is 0 Å². The molecule has 0 saturated carbocycles. The maximum atomic E-state index is 5.26. The quantitative estimate of drug-likeness (QED) is 0.156. The lowest BCUT2D eigenvalue weighted by Gasteiger charge is -2.21. The number of hydrogen-bond acceptors (Lipinski definition) is 2. The van der Waals surface area contributed by atoms with Crippen molar-refractivity contribution in [2.45, 2.75) is 12.3 Å². The van der Waals surface area contributed by atoms with Crippen LogP contribution in [-0.2, 0) is 6.42 Å². The zero-order chi connectivity index (χ0) is 45.4. The van der Waals surface area contributed by atoms with Crippen LogP contribution in [0.4, 0.5) is 0 Å². The van der Waals surface area contributed by atoms with E-state index in [1.807, 2.05) is 6.20 Å². The van der Waals surface area contributed by atoms with Crippen molar-refractivity contribution in [2.24, 2.45) is 0 Å². The largest absolute Gasteiger partial charge is 0.310 e. The van der Waals surface area contributed by atoms with Gasteiger partial charge in [0, 0.05) is 39.0 Å². The second-order valence-corrected chi connectivity index (χ2v) is 18.4. The fourth-order valence-corrected chi connectivity index (χ4v) is 11.2. The molecule has 0 aliphatic heterocycles. The van der Waals surface area contributed by atoms with Gasteiger partial charge in [-0.3, -0.25) is 4.98 Å². The van der Waals surface area contributed by atoms with Crippen molar-refractivity contribution >= 4 is 71.1 Å². The Morgan fingerprint density at radius 1 is 0.406 bits per heavy atom. The Morgan fingerprint density at radius 3 is 1.72 bits per heavy atom. The van der Waals surface area contributed by atoms with Crippen molar-refractivity contribution in [3.63, 3.8) is 0 Å². The highest BCUT2D eigenvalue weighted by atomic mass is 15.0. The molecule has 1 aliphatic carbocycles. The van der Waals surface area contributed by atoms with Crippen molar-refractivity contribution < 1.29 is 0 Å². The van der Waals surface area contributed by atoms with E-state index in [0.717, 1.165) is 56.3 Å². The Labute approximate surface area is 399 Å². The average Bonchev–Trinajstić information content (AvgIpc) is 3.75. The normalized spacial score (nSPS) is 13.5. The van der Waals surface area contributed by atoms with Crippen molar-refractivity contribution in [3.05, 3.63) is 254 Å². The first-order valence-corrected chi connectivity index (χ1v) is 23.9. The van der Waals surface area contributed by atoms with Crippen LogP contribution in [0.3, 0.4) is 0 Å². The molecule has 0 spiro atoms. The van der Waals surface area contributed by atoms with Gasteiger partial charge in [0.15, 0.2) is 0 Å². The summed E-state index contributed by atoms with van der Waals surface area (Å²) in [5.41, 5.74) is 17.3. The van der Waals surface area contributed by atoms with E-state index >= 15 is 0 Å². The number of allylic oxidation sites excluding steroid dienone is 1. The second-order valence-electron chi connectivity index (χ2n) is 18.4. The van der Waals surface area contributed by atoms with E-state index in [0.29, 0.717) is 0 Å². The van der Waals surface area contributed by atoms with Gasteiger partial charge in [-0.1, -0.05) is 200 Å². The van der Waals surface area contributed by atoms with E-state index in [1.165, 1.54) is 82.3 Å². The minimum absolute atomic E-state index is 0.269. The van der Waals surface area contributed by atoms with Crippen LogP contribution in [-0.4, -0.2) is 14.5 Å². The molecule has 1 aliphatic rings. The molecule has 3 nitrogen and oxygen atoms in total. The standard InChI is InChI=1S/C66H43N3/c1-3-18-52-45(12-1)14-10-24-54(52)48-32-36-63-60(39-48)61-40-49(55-25-11-15-46-13-2-4-19-53(46)55)33-37-64(61)69(63)51-34-30-43(31-35-51)42-26-28-44(29-27-42)47-16-9-17-50(38-47)62-41-67-65-58-22-7-5-20-56(58)57-21-6-8-23-59(57)66(65)68-62/h1-39,41,49H,40H2. The van der Waals surface area contributed by atoms with Gasteiger partial charge in [0.05, 0.1) is 28.4 Å². The molecule has 0 radical (unpaired) electrons. The summed E-state index contributed by atoms with van der Waals surface area (Å²) in [6.07, 6.45) is 7.65. The highest BCUT2D eigenvalue weighted by Gasteiger charge is 2.25. The van der Waals surface area contributed by atoms with Crippen molar-refractivity contribution in [3.8, 4) is 50.3 Å². The molecule has 0 saturated heterocycles. The zero-order valence-electron chi connectivity index (χ0n) is 37.7. The first kappa shape index (κ1) is 39.3. The third-order valence-electron chi connectivity index (χ3n) is 14.6. The fraction of sp³-hybridized carbons (Fsp3) is 0.0303. The maximum absolute atomic E-state index is 5.26. The van der Waals surface area contributed by atoms with Gasteiger partial charge in [-0.2, -0.15) is 0 Å². The fourth-order valence-electron chi connectivity index (χ4n) is 11.2. The molecular weight excluding hydrogens is 835 g/mol. The highest BCUT2D eigenvalue weighted by Crippen LogP contribution is 2.43. The number of nitrogens with zero attached hydrogens (tertiary/aromatic N) is 3. The van der Waals surface area contributed by atoms with Crippen molar-refractivity contribution in [1.82, 2.24) is 14.5 Å². The van der Waals surface area contributed by atoms with Gasteiger partial charge in [-0.25, -0.2) is 4.98 Å². The van der Waals surface area contributed by atoms with Gasteiger partial charge in [0.1, 0.15) is 0 Å². The van der Waals surface area contributed by atoms with Crippen LogP contribution in [0.15, 0.2) is 237 Å². The summed E-state index contributed by atoms with van der Waals surface area (Å²) in [6.45, 7) is 0. The van der Waals surface area contributed by atoms with Gasteiger partial charge in [0.2, 0.25) is 0 Å². The molecule has 0 fully saturated rings. The summed E-state index contributed by atoms with van der Waals surface area (Å²) in [7, 11) is 0. The Bertz CT molecular complexity index is 4170. The molecule has 0 amide bonds. The smallest absolute Gasteiger partial charge is 0.0979 e. The lowest BCUT2D eigenvalue weighted by Crippen LogP contribution is -2.07. The first-order valence-electron chi connectivity index (χ1n) is 23.9. The SMILES string of the molecule is C1=CC(c2cccc3ccccc23)Cc2c1n(-c1ccc(-c3ccc(-c4cccc(-c5cnc6c7ccccc7c7ccccc7c6n5)c4)cc3)cc1)c1ccc(-c3cccc4ccccc34)cc21. The van der Waals surface area contributed by atoms with Crippen LogP contribution in [0.25, 0.3) is 121 Å². The van der Waals surface area contributed by atoms with Crippen molar-refractivity contribution in [1.29, 1.82) is 0 Å². The molecule has 0 bridgehead atoms. The molecule has 13 aromatic rings. The third kappa shape index (κ3) is 6.50. The molecule has 3 heteroatoms. The molecular formula is C66H43N3. The third-order valence-corrected chi connectivity index (χ3v) is 14.6. The molecule has 14 rings (SSSR count). The van der Waals surface area contributed by atoms with Crippen LogP contribution in [0.2, 0.25) is 0 Å². The summed E-state index contributed by atoms with van der Waals surface area (Å²) in [6, 6.07) is 81.7. The Morgan fingerprint density at radius 2 is 0.971 bits per heavy atom. The predicted molar refractivity (Wildman–Crippen MR) is 290 cm³/mol. The lowest BCUT2D eigenvalue weighted by molar-refractivity contribution is 0.832. The summed E-state index contributed by atoms with van der Waals surface area (Å²) in [5.74, 6) is 0.269. The van der Waals surface area contributed by atoms with E-state index in [4.69, 9.17) is 9.97 Å². The van der Waals surface area contributed by atoms with Gasteiger partial charge in [0.25, 0.3) is 0 Å².